The Hall–Kier alpha value is -4.26. The number of imide groups is 1. The molecule has 1 aliphatic rings. The first kappa shape index (κ1) is 19.1. The van der Waals surface area contributed by atoms with E-state index in [2.05, 4.69) is 5.32 Å². The zero-order chi connectivity index (χ0) is 21.1. The number of esters is 1. The third kappa shape index (κ3) is 3.81. The van der Waals surface area contributed by atoms with Crippen molar-refractivity contribution in [2.75, 3.05) is 16.8 Å². The number of amides is 3. The Kier molecular flexibility index (Phi) is 5.09. The van der Waals surface area contributed by atoms with Crippen molar-refractivity contribution in [3.63, 3.8) is 0 Å². The van der Waals surface area contributed by atoms with Gasteiger partial charge in [-0.05, 0) is 29.7 Å². The van der Waals surface area contributed by atoms with Gasteiger partial charge in [0.1, 0.15) is 0 Å². The summed E-state index contributed by atoms with van der Waals surface area (Å²) in [6, 6.07) is 19.0. The van der Waals surface area contributed by atoms with E-state index < -0.39 is 30.3 Å². The van der Waals surface area contributed by atoms with E-state index in [0.29, 0.717) is 5.69 Å². The molecule has 0 saturated carbocycles. The van der Waals surface area contributed by atoms with Crippen molar-refractivity contribution in [2.45, 2.75) is 0 Å². The molecule has 1 aliphatic heterocycles. The molecule has 1 heterocycles. The summed E-state index contributed by atoms with van der Waals surface area (Å²) < 4.78 is 5.09. The number of benzene rings is 3. The summed E-state index contributed by atoms with van der Waals surface area (Å²) >= 11 is 0. The summed E-state index contributed by atoms with van der Waals surface area (Å²) in [5.74, 6) is -2.19. The molecule has 3 aromatic rings. The Morgan fingerprint density at radius 1 is 0.867 bits per heavy atom. The number of anilines is 2. The highest BCUT2D eigenvalue weighted by atomic mass is 16.5. The largest absolute Gasteiger partial charge is 0.452 e. The maximum atomic E-state index is 12.3. The van der Waals surface area contributed by atoms with E-state index in [1.165, 1.54) is 24.3 Å². The van der Waals surface area contributed by atoms with Crippen LogP contribution in [-0.4, -0.2) is 30.3 Å². The highest BCUT2D eigenvalue weighted by molar-refractivity contribution is 6.28. The number of hydrogen-bond donors (Lipinski definition) is 1. The van der Waals surface area contributed by atoms with Gasteiger partial charge in [0.2, 0.25) is 0 Å². The van der Waals surface area contributed by atoms with Gasteiger partial charge in [-0.3, -0.25) is 14.4 Å². The van der Waals surface area contributed by atoms with Gasteiger partial charge in [-0.1, -0.05) is 42.5 Å². The van der Waals surface area contributed by atoms with Crippen LogP contribution in [0.15, 0.2) is 78.9 Å². The second-order valence-electron chi connectivity index (χ2n) is 6.55. The lowest BCUT2D eigenvalue weighted by atomic mass is 10.1. The van der Waals surface area contributed by atoms with Gasteiger partial charge in [0.05, 0.1) is 11.3 Å². The van der Waals surface area contributed by atoms with E-state index in [1.807, 2.05) is 36.4 Å². The van der Waals surface area contributed by atoms with Crippen LogP contribution in [0.3, 0.4) is 0 Å². The fourth-order valence-electron chi connectivity index (χ4n) is 3.16. The van der Waals surface area contributed by atoms with Crippen LogP contribution in [0.2, 0.25) is 0 Å². The summed E-state index contributed by atoms with van der Waals surface area (Å²) in [5.41, 5.74) is 0.998. The van der Waals surface area contributed by atoms with Gasteiger partial charge in [0.25, 0.3) is 17.7 Å². The van der Waals surface area contributed by atoms with E-state index in [-0.39, 0.29) is 11.3 Å². The molecule has 0 aliphatic carbocycles. The second kappa shape index (κ2) is 8.00. The minimum Gasteiger partial charge on any atom is -0.452 e. The summed E-state index contributed by atoms with van der Waals surface area (Å²) in [5, 5.41) is 4.59. The normalized spacial score (nSPS) is 13.0. The van der Waals surface area contributed by atoms with Crippen LogP contribution >= 0.6 is 0 Å². The van der Waals surface area contributed by atoms with E-state index in [1.54, 1.807) is 6.07 Å². The van der Waals surface area contributed by atoms with Gasteiger partial charge in [-0.2, -0.15) is 0 Å². The number of nitrogens with zero attached hydrogens (tertiary/aromatic N) is 1. The molecule has 0 bridgehead atoms. The third-order valence-electron chi connectivity index (χ3n) is 4.55. The van der Waals surface area contributed by atoms with E-state index in [4.69, 9.17) is 4.74 Å². The van der Waals surface area contributed by atoms with Crippen molar-refractivity contribution in [3.05, 3.63) is 84.4 Å². The molecule has 0 unspecified atom stereocenters. The molecule has 0 radical (unpaired) electrons. The maximum Gasteiger partial charge on any atom is 0.338 e. The number of hydrogen-bond acceptors (Lipinski definition) is 5. The lowest BCUT2D eigenvalue weighted by molar-refractivity contribution is -0.120. The van der Waals surface area contributed by atoms with Gasteiger partial charge < -0.3 is 10.1 Å². The lowest BCUT2D eigenvalue weighted by Crippen LogP contribution is -2.29. The molecule has 4 rings (SSSR count). The molecule has 0 atom stereocenters. The highest BCUT2D eigenvalue weighted by Crippen LogP contribution is 2.23. The van der Waals surface area contributed by atoms with Crippen molar-refractivity contribution >= 4 is 45.8 Å². The summed E-state index contributed by atoms with van der Waals surface area (Å²) in [6.07, 6.45) is 2.32. The van der Waals surface area contributed by atoms with Crippen molar-refractivity contribution < 1.29 is 23.9 Å². The topological polar surface area (TPSA) is 92.8 Å². The molecule has 30 heavy (non-hydrogen) atoms. The zero-order valence-corrected chi connectivity index (χ0v) is 15.7. The number of ether oxygens (including phenoxy) is 1. The summed E-state index contributed by atoms with van der Waals surface area (Å²) in [4.78, 5) is 49.1. The van der Waals surface area contributed by atoms with Gasteiger partial charge in [-0.15, -0.1) is 0 Å². The molecular weight excluding hydrogens is 384 g/mol. The van der Waals surface area contributed by atoms with Crippen molar-refractivity contribution in [1.29, 1.82) is 0 Å². The predicted octanol–water partition coefficient (Wildman–Crippen LogP) is 3.06. The molecule has 7 nitrogen and oxygen atoms in total. The first-order valence-corrected chi connectivity index (χ1v) is 9.14. The first-order valence-electron chi connectivity index (χ1n) is 9.14. The third-order valence-corrected chi connectivity index (χ3v) is 4.55. The molecule has 7 heteroatoms. The Labute approximate surface area is 171 Å². The predicted molar refractivity (Wildman–Crippen MR) is 111 cm³/mol. The zero-order valence-electron chi connectivity index (χ0n) is 15.7. The summed E-state index contributed by atoms with van der Waals surface area (Å²) in [7, 11) is 0. The van der Waals surface area contributed by atoms with Crippen LogP contribution in [0.5, 0.6) is 0 Å². The molecule has 3 amide bonds. The average molecular weight is 400 g/mol. The molecule has 0 saturated heterocycles. The van der Waals surface area contributed by atoms with Gasteiger partial charge in [0.15, 0.2) is 6.61 Å². The molecular formula is C23H16N2O5. The monoisotopic (exact) mass is 400 g/mol. The summed E-state index contributed by atoms with van der Waals surface area (Å²) in [6.45, 7) is -0.477. The molecule has 148 valence electrons. The SMILES string of the molecule is O=C(COC(=O)c1cccc(N2C(=O)C=CC2=O)c1)Nc1cccc2ccccc12. The number of rotatable bonds is 5. The Balaban J connectivity index is 1.41. The van der Waals surface area contributed by atoms with Crippen LogP contribution in [0.25, 0.3) is 10.8 Å². The molecule has 0 aromatic heterocycles. The fraction of sp³-hybridized carbons (Fsp3) is 0.0435. The Bertz CT molecular complexity index is 1190. The van der Waals surface area contributed by atoms with Crippen LogP contribution in [-0.2, 0) is 19.1 Å². The van der Waals surface area contributed by atoms with Crippen molar-refractivity contribution in [2.24, 2.45) is 0 Å². The molecule has 0 fully saturated rings. The Morgan fingerprint density at radius 2 is 1.57 bits per heavy atom. The number of fused-ring (bicyclic) bond motifs is 1. The quantitative estimate of drug-likeness (QED) is 0.525. The average Bonchev–Trinajstić information content (AvgIpc) is 3.10. The number of carbonyl (C=O) groups is 4. The second-order valence-corrected chi connectivity index (χ2v) is 6.55. The standard InChI is InChI=1S/C23H16N2O5/c26-20(24-19-10-4-6-15-5-1-2-9-18(15)19)14-30-23(29)16-7-3-8-17(13-16)25-21(27)11-12-22(25)28/h1-13H,14H2,(H,24,26). The van der Waals surface area contributed by atoms with E-state index >= 15 is 0 Å². The van der Waals surface area contributed by atoms with Gasteiger partial charge >= 0.3 is 5.97 Å². The van der Waals surface area contributed by atoms with E-state index in [9.17, 15) is 19.2 Å². The minimum atomic E-state index is -0.739. The van der Waals surface area contributed by atoms with Crippen molar-refractivity contribution in [1.82, 2.24) is 0 Å². The fourth-order valence-corrected chi connectivity index (χ4v) is 3.16. The first-order chi connectivity index (χ1) is 14.5. The lowest BCUT2D eigenvalue weighted by Gasteiger charge is -2.14. The molecule has 1 N–H and O–H groups in total. The van der Waals surface area contributed by atoms with E-state index in [0.717, 1.165) is 27.8 Å². The van der Waals surface area contributed by atoms with Gasteiger partial charge in [0, 0.05) is 23.2 Å². The highest BCUT2D eigenvalue weighted by Gasteiger charge is 2.25. The van der Waals surface area contributed by atoms with Crippen LogP contribution in [0.1, 0.15) is 10.4 Å². The van der Waals surface area contributed by atoms with Crippen LogP contribution in [0, 0.1) is 0 Å². The Morgan fingerprint density at radius 3 is 2.37 bits per heavy atom. The smallest absolute Gasteiger partial charge is 0.338 e. The van der Waals surface area contributed by atoms with Crippen LogP contribution in [0.4, 0.5) is 11.4 Å². The number of nitrogens with one attached hydrogen (secondary N) is 1. The minimum absolute atomic E-state index is 0.123. The molecule has 3 aromatic carbocycles. The van der Waals surface area contributed by atoms with Crippen molar-refractivity contribution in [3.8, 4) is 0 Å². The number of carbonyl (C=O) groups excluding carboxylic acids is 4. The van der Waals surface area contributed by atoms with Crippen LogP contribution < -0.4 is 10.2 Å². The maximum absolute atomic E-state index is 12.3. The molecule has 0 spiro atoms. The van der Waals surface area contributed by atoms with Gasteiger partial charge in [-0.25, -0.2) is 9.69 Å².